The lowest BCUT2D eigenvalue weighted by molar-refractivity contribution is 0.314. The van der Waals surface area contributed by atoms with Gasteiger partial charge in [-0.05, 0) is 36.9 Å². The molecule has 1 heterocycles. The number of nitrogen functional groups attached to an aromatic ring is 1. The molecule has 0 aliphatic heterocycles. The van der Waals surface area contributed by atoms with Crippen molar-refractivity contribution in [3.05, 3.63) is 23.4 Å². The van der Waals surface area contributed by atoms with E-state index in [1.807, 2.05) is 6.20 Å². The van der Waals surface area contributed by atoms with E-state index in [4.69, 9.17) is 5.73 Å². The van der Waals surface area contributed by atoms with E-state index in [0.717, 1.165) is 24.1 Å². The van der Waals surface area contributed by atoms with Crippen molar-refractivity contribution in [1.82, 2.24) is 10.3 Å². The van der Waals surface area contributed by atoms with E-state index < -0.39 is 0 Å². The van der Waals surface area contributed by atoms with Gasteiger partial charge in [0.05, 0.1) is 0 Å². The molecular formula is C14H25N3. The van der Waals surface area contributed by atoms with Crippen LogP contribution in [-0.4, -0.2) is 11.5 Å². The number of anilines is 1. The number of rotatable bonds is 4. The first-order valence-corrected chi connectivity index (χ1v) is 6.29. The fourth-order valence-electron chi connectivity index (χ4n) is 2.03. The number of hydrogen-bond donors (Lipinski definition) is 2. The zero-order chi connectivity index (χ0) is 13.1. The van der Waals surface area contributed by atoms with Crippen LogP contribution in [0.2, 0.25) is 0 Å². The number of nitrogens with one attached hydrogen (secondary N) is 1. The normalized spacial score (nSPS) is 13.7. The minimum atomic E-state index is 0.267. The van der Waals surface area contributed by atoms with Crippen molar-refractivity contribution in [2.24, 2.45) is 5.41 Å². The Bertz CT molecular complexity index is 366. The summed E-state index contributed by atoms with van der Waals surface area (Å²) in [6.07, 6.45) is 2.87. The van der Waals surface area contributed by atoms with Crippen LogP contribution in [0.5, 0.6) is 0 Å². The second-order valence-electron chi connectivity index (χ2n) is 5.86. The molecule has 1 rings (SSSR count). The Labute approximate surface area is 105 Å². The first-order chi connectivity index (χ1) is 7.83. The molecule has 0 radical (unpaired) electrons. The SMILES string of the molecule is CCNC(CC(C)(C)C)c1cc(C)cnc1N. The lowest BCUT2D eigenvalue weighted by Crippen LogP contribution is -2.26. The van der Waals surface area contributed by atoms with Gasteiger partial charge in [-0.15, -0.1) is 0 Å². The van der Waals surface area contributed by atoms with Gasteiger partial charge in [-0.25, -0.2) is 4.98 Å². The Hall–Kier alpha value is -1.09. The summed E-state index contributed by atoms with van der Waals surface area (Å²) in [4.78, 5) is 4.25. The second-order valence-corrected chi connectivity index (χ2v) is 5.86. The van der Waals surface area contributed by atoms with E-state index in [9.17, 15) is 0 Å². The van der Waals surface area contributed by atoms with E-state index in [0.29, 0.717) is 5.82 Å². The molecule has 1 aromatic heterocycles. The number of aryl methyl sites for hydroxylation is 1. The highest BCUT2D eigenvalue weighted by Crippen LogP contribution is 2.31. The largest absolute Gasteiger partial charge is 0.383 e. The van der Waals surface area contributed by atoms with Gasteiger partial charge in [0, 0.05) is 17.8 Å². The zero-order valence-electron chi connectivity index (χ0n) is 11.7. The average molecular weight is 235 g/mol. The number of hydrogen-bond acceptors (Lipinski definition) is 3. The monoisotopic (exact) mass is 235 g/mol. The van der Waals surface area contributed by atoms with Gasteiger partial charge in [0.15, 0.2) is 0 Å². The molecule has 0 saturated carbocycles. The van der Waals surface area contributed by atoms with Crippen molar-refractivity contribution >= 4 is 5.82 Å². The van der Waals surface area contributed by atoms with Crippen molar-refractivity contribution in [2.75, 3.05) is 12.3 Å². The fourth-order valence-corrected chi connectivity index (χ4v) is 2.03. The minimum Gasteiger partial charge on any atom is -0.383 e. The molecule has 0 aromatic carbocycles. The molecule has 0 bridgehead atoms. The lowest BCUT2D eigenvalue weighted by Gasteiger charge is -2.27. The zero-order valence-corrected chi connectivity index (χ0v) is 11.7. The third-order valence-electron chi connectivity index (χ3n) is 2.73. The maximum absolute atomic E-state index is 5.99. The van der Waals surface area contributed by atoms with Crippen LogP contribution >= 0.6 is 0 Å². The van der Waals surface area contributed by atoms with Gasteiger partial charge in [-0.2, -0.15) is 0 Å². The molecule has 0 aliphatic rings. The second kappa shape index (κ2) is 5.50. The highest BCUT2D eigenvalue weighted by Gasteiger charge is 2.21. The molecule has 3 heteroatoms. The molecule has 3 N–H and O–H groups in total. The predicted octanol–water partition coefficient (Wildman–Crippen LogP) is 3.06. The number of pyridine rings is 1. The van der Waals surface area contributed by atoms with E-state index in [2.05, 4.69) is 51.0 Å². The molecule has 0 saturated heterocycles. The molecule has 1 unspecified atom stereocenters. The third-order valence-corrected chi connectivity index (χ3v) is 2.73. The van der Waals surface area contributed by atoms with Gasteiger partial charge in [-0.1, -0.05) is 27.7 Å². The van der Waals surface area contributed by atoms with Gasteiger partial charge < -0.3 is 11.1 Å². The van der Waals surface area contributed by atoms with Crippen LogP contribution in [-0.2, 0) is 0 Å². The first-order valence-electron chi connectivity index (χ1n) is 6.29. The molecule has 96 valence electrons. The van der Waals surface area contributed by atoms with Crippen LogP contribution < -0.4 is 11.1 Å². The summed E-state index contributed by atoms with van der Waals surface area (Å²) in [5.74, 6) is 0.644. The number of nitrogens with two attached hydrogens (primary N) is 1. The molecule has 1 aromatic rings. The van der Waals surface area contributed by atoms with Crippen molar-refractivity contribution in [2.45, 2.75) is 47.1 Å². The predicted molar refractivity (Wildman–Crippen MR) is 73.9 cm³/mol. The van der Waals surface area contributed by atoms with Crippen molar-refractivity contribution in [3.8, 4) is 0 Å². The smallest absolute Gasteiger partial charge is 0.128 e. The summed E-state index contributed by atoms with van der Waals surface area (Å²) >= 11 is 0. The quantitative estimate of drug-likeness (QED) is 0.843. The van der Waals surface area contributed by atoms with Gasteiger partial charge >= 0.3 is 0 Å². The van der Waals surface area contributed by atoms with Gasteiger partial charge in [0.2, 0.25) is 0 Å². The molecule has 17 heavy (non-hydrogen) atoms. The summed E-state index contributed by atoms with van der Waals surface area (Å²) in [7, 11) is 0. The standard InChI is InChI=1S/C14H25N3/c1-6-16-12(8-14(3,4)5)11-7-10(2)9-17-13(11)15/h7,9,12,16H,6,8H2,1-5H3,(H2,15,17). The van der Waals surface area contributed by atoms with E-state index in [1.54, 1.807) is 0 Å². The molecule has 0 amide bonds. The molecule has 0 fully saturated rings. The van der Waals surface area contributed by atoms with E-state index >= 15 is 0 Å². The molecule has 3 nitrogen and oxygen atoms in total. The van der Waals surface area contributed by atoms with Crippen LogP contribution in [0.4, 0.5) is 5.82 Å². The topological polar surface area (TPSA) is 50.9 Å². The minimum absolute atomic E-state index is 0.267. The average Bonchev–Trinajstić information content (AvgIpc) is 2.19. The van der Waals surface area contributed by atoms with Crippen molar-refractivity contribution in [1.29, 1.82) is 0 Å². The lowest BCUT2D eigenvalue weighted by atomic mass is 9.85. The maximum Gasteiger partial charge on any atom is 0.128 e. The van der Waals surface area contributed by atoms with Gasteiger partial charge in [0.1, 0.15) is 5.82 Å². The molecular weight excluding hydrogens is 210 g/mol. The first kappa shape index (κ1) is 14.0. The maximum atomic E-state index is 5.99. The fraction of sp³-hybridized carbons (Fsp3) is 0.643. The number of nitrogens with zero attached hydrogens (tertiary/aromatic N) is 1. The molecule has 0 spiro atoms. The summed E-state index contributed by atoms with van der Waals surface area (Å²) in [6.45, 7) is 11.9. The van der Waals surface area contributed by atoms with Crippen LogP contribution in [0.15, 0.2) is 12.3 Å². The van der Waals surface area contributed by atoms with E-state index in [1.165, 1.54) is 0 Å². The van der Waals surface area contributed by atoms with Crippen LogP contribution in [0, 0.1) is 12.3 Å². The Morgan fingerprint density at radius 3 is 2.59 bits per heavy atom. The van der Waals surface area contributed by atoms with Crippen molar-refractivity contribution in [3.63, 3.8) is 0 Å². The summed E-state index contributed by atoms with van der Waals surface area (Å²) < 4.78 is 0. The summed E-state index contributed by atoms with van der Waals surface area (Å²) in [5, 5.41) is 3.50. The Kier molecular flexibility index (Phi) is 4.52. The van der Waals surface area contributed by atoms with Crippen molar-refractivity contribution < 1.29 is 0 Å². The van der Waals surface area contributed by atoms with Gasteiger partial charge in [-0.3, -0.25) is 0 Å². The molecule has 1 atom stereocenters. The third kappa shape index (κ3) is 4.35. The van der Waals surface area contributed by atoms with Crippen LogP contribution in [0.3, 0.4) is 0 Å². The highest BCUT2D eigenvalue weighted by atomic mass is 14.9. The van der Waals surface area contributed by atoms with Crippen LogP contribution in [0.1, 0.15) is 51.3 Å². The summed E-state index contributed by atoms with van der Waals surface area (Å²) in [6, 6.07) is 2.42. The summed E-state index contributed by atoms with van der Waals surface area (Å²) in [5.41, 5.74) is 8.54. The van der Waals surface area contributed by atoms with Gasteiger partial charge in [0.25, 0.3) is 0 Å². The van der Waals surface area contributed by atoms with E-state index in [-0.39, 0.29) is 11.5 Å². The Balaban J connectivity index is 3.00. The van der Waals surface area contributed by atoms with Crippen LogP contribution in [0.25, 0.3) is 0 Å². The molecule has 0 aliphatic carbocycles. The number of aromatic nitrogens is 1. The Morgan fingerprint density at radius 1 is 1.41 bits per heavy atom. The Morgan fingerprint density at radius 2 is 2.06 bits per heavy atom. The highest BCUT2D eigenvalue weighted by molar-refractivity contribution is 5.43.